The molecule has 1 saturated heterocycles. The van der Waals surface area contributed by atoms with Crippen LogP contribution in [0.4, 0.5) is 4.79 Å². The second kappa shape index (κ2) is 9.42. The van der Waals surface area contributed by atoms with Crippen molar-refractivity contribution in [3.05, 3.63) is 59.7 Å². The van der Waals surface area contributed by atoms with Gasteiger partial charge in [0.25, 0.3) is 0 Å². The molecule has 2 atom stereocenters. The van der Waals surface area contributed by atoms with Crippen LogP contribution in [0.5, 0.6) is 0 Å². The molecule has 2 aliphatic rings. The Kier molecular flexibility index (Phi) is 6.44. The minimum absolute atomic E-state index is 0.0161. The molecule has 1 aliphatic heterocycles. The highest BCUT2D eigenvalue weighted by molar-refractivity contribution is 5.80. The molecule has 2 aromatic rings. The molecule has 1 heterocycles. The fraction of sp³-hybridized carbons (Fsp3) is 0.400. The molecule has 168 valence electrons. The first-order valence-electron chi connectivity index (χ1n) is 11.0. The van der Waals surface area contributed by atoms with E-state index in [9.17, 15) is 19.5 Å². The number of rotatable bonds is 6. The van der Waals surface area contributed by atoms with E-state index in [1.54, 1.807) is 4.90 Å². The number of ether oxygens (including phenoxy) is 1. The van der Waals surface area contributed by atoms with E-state index in [4.69, 9.17) is 4.74 Å². The van der Waals surface area contributed by atoms with Gasteiger partial charge < -0.3 is 20.1 Å². The van der Waals surface area contributed by atoms with Gasteiger partial charge in [0.05, 0.1) is 5.92 Å². The maximum absolute atomic E-state index is 12.5. The van der Waals surface area contributed by atoms with Crippen LogP contribution >= 0.6 is 0 Å². The molecule has 2 unspecified atom stereocenters. The average molecular weight is 437 g/mol. The number of benzene rings is 2. The summed E-state index contributed by atoms with van der Waals surface area (Å²) in [6, 6.07) is 16.3. The number of carboxylic acids is 1. The van der Waals surface area contributed by atoms with Crippen LogP contribution in [-0.2, 0) is 14.3 Å². The van der Waals surface area contributed by atoms with E-state index in [1.165, 1.54) is 0 Å². The van der Waals surface area contributed by atoms with Crippen molar-refractivity contribution in [2.45, 2.75) is 25.7 Å². The number of nitrogens with zero attached hydrogens (tertiary/aromatic N) is 1. The van der Waals surface area contributed by atoms with Crippen molar-refractivity contribution in [3.63, 3.8) is 0 Å². The lowest BCUT2D eigenvalue weighted by atomic mass is 9.90. The summed E-state index contributed by atoms with van der Waals surface area (Å²) >= 11 is 0. The molecule has 1 fully saturated rings. The van der Waals surface area contributed by atoms with E-state index in [2.05, 4.69) is 29.6 Å². The first kappa shape index (κ1) is 21.9. The normalized spacial score (nSPS) is 19.7. The van der Waals surface area contributed by atoms with Crippen molar-refractivity contribution in [1.82, 2.24) is 10.2 Å². The van der Waals surface area contributed by atoms with E-state index in [1.807, 2.05) is 31.2 Å². The van der Waals surface area contributed by atoms with Crippen molar-refractivity contribution in [3.8, 4) is 11.1 Å². The molecule has 0 radical (unpaired) electrons. The molecular formula is C25H28N2O5. The Morgan fingerprint density at radius 2 is 1.66 bits per heavy atom. The van der Waals surface area contributed by atoms with Crippen LogP contribution in [0.2, 0.25) is 0 Å². The summed E-state index contributed by atoms with van der Waals surface area (Å²) in [5, 5.41) is 11.9. The predicted octanol–water partition coefficient (Wildman–Crippen LogP) is 3.48. The van der Waals surface area contributed by atoms with Gasteiger partial charge in [0.2, 0.25) is 5.91 Å². The second-order valence-corrected chi connectivity index (χ2v) is 8.68. The molecule has 4 rings (SSSR count). The lowest BCUT2D eigenvalue weighted by Crippen LogP contribution is -2.46. The van der Waals surface area contributed by atoms with Crippen molar-refractivity contribution < 1.29 is 24.2 Å². The number of fused-ring (bicyclic) bond motifs is 3. The molecule has 2 aromatic carbocycles. The SMILES string of the molecule is CC1CC(C(=O)O)CN(C(=O)CCNC(=O)OCC2c3ccccc3-c3ccccc32)C1. The Morgan fingerprint density at radius 1 is 1.03 bits per heavy atom. The predicted molar refractivity (Wildman–Crippen MR) is 119 cm³/mol. The summed E-state index contributed by atoms with van der Waals surface area (Å²) in [6.07, 6.45) is 0.135. The zero-order valence-electron chi connectivity index (χ0n) is 18.1. The molecule has 0 aromatic heterocycles. The van der Waals surface area contributed by atoms with Gasteiger partial charge in [0.1, 0.15) is 6.61 Å². The summed E-state index contributed by atoms with van der Waals surface area (Å²) in [4.78, 5) is 37.6. The zero-order chi connectivity index (χ0) is 22.7. The molecular weight excluding hydrogens is 408 g/mol. The largest absolute Gasteiger partial charge is 0.481 e. The van der Waals surface area contributed by atoms with Gasteiger partial charge in [-0.25, -0.2) is 4.79 Å². The summed E-state index contributed by atoms with van der Waals surface area (Å²) in [7, 11) is 0. The van der Waals surface area contributed by atoms with Gasteiger partial charge in [-0.2, -0.15) is 0 Å². The number of likely N-dealkylation sites (tertiary alicyclic amines) is 1. The molecule has 0 saturated carbocycles. The summed E-state index contributed by atoms with van der Waals surface area (Å²) in [6.45, 7) is 3.09. The van der Waals surface area contributed by atoms with Crippen LogP contribution in [-0.4, -0.2) is 54.2 Å². The number of amides is 2. The minimum atomic E-state index is -0.869. The number of carboxylic acid groups (broad SMARTS) is 1. The highest BCUT2D eigenvalue weighted by Gasteiger charge is 2.32. The highest BCUT2D eigenvalue weighted by atomic mass is 16.5. The smallest absolute Gasteiger partial charge is 0.407 e. The quantitative estimate of drug-likeness (QED) is 0.723. The standard InChI is InChI=1S/C25H28N2O5/c1-16-12-17(24(29)30)14-27(13-16)23(28)10-11-26-25(31)32-15-22-20-8-4-2-6-18(20)19-7-3-5-9-21(19)22/h2-9,16-17,22H,10-15H2,1H3,(H,26,31)(H,29,30). The Hall–Kier alpha value is -3.35. The van der Waals surface area contributed by atoms with Crippen LogP contribution in [0.15, 0.2) is 48.5 Å². The van der Waals surface area contributed by atoms with Crippen molar-refractivity contribution in [2.24, 2.45) is 11.8 Å². The Bertz CT molecular complexity index is 975. The number of alkyl carbamates (subject to hydrolysis) is 1. The van der Waals surface area contributed by atoms with Gasteiger partial charge >= 0.3 is 12.1 Å². The van der Waals surface area contributed by atoms with Crippen LogP contribution in [0, 0.1) is 11.8 Å². The Balaban J connectivity index is 1.26. The maximum Gasteiger partial charge on any atom is 0.407 e. The first-order valence-corrected chi connectivity index (χ1v) is 11.0. The number of hydrogen-bond acceptors (Lipinski definition) is 4. The second-order valence-electron chi connectivity index (χ2n) is 8.68. The van der Waals surface area contributed by atoms with Crippen LogP contribution < -0.4 is 5.32 Å². The number of carbonyl (C=O) groups is 3. The number of carbonyl (C=O) groups excluding carboxylic acids is 2. The highest BCUT2D eigenvalue weighted by Crippen LogP contribution is 2.44. The third kappa shape index (κ3) is 4.61. The van der Waals surface area contributed by atoms with Crippen LogP contribution in [0.1, 0.15) is 36.8 Å². The fourth-order valence-electron chi connectivity index (χ4n) is 4.81. The number of nitrogens with one attached hydrogen (secondary N) is 1. The number of hydrogen-bond donors (Lipinski definition) is 2. The third-order valence-corrected chi connectivity index (χ3v) is 6.31. The molecule has 32 heavy (non-hydrogen) atoms. The Labute approximate surface area is 187 Å². The average Bonchev–Trinajstić information content (AvgIpc) is 3.11. The summed E-state index contributed by atoms with van der Waals surface area (Å²) in [5.41, 5.74) is 4.61. The minimum Gasteiger partial charge on any atom is -0.481 e. The number of piperidine rings is 1. The molecule has 1 aliphatic carbocycles. The molecule has 2 N–H and O–H groups in total. The lowest BCUT2D eigenvalue weighted by molar-refractivity contribution is -0.146. The van der Waals surface area contributed by atoms with Gasteiger partial charge in [-0.05, 0) is 34.6 Å². The zero-order valence-corrected chi connectivity index (χ0v) is 18.1. The molecule has 0 spiro atoms. The maximum atomic E-state index is 12.5. The van der Waals surface area contributed by atoms with Crippen LogP contribution in [0.25, 0.3) is 11.1 Å². The molecule has 2 amide bonds. The van der Waals surface area contributed by atoms with E-state index in [-0.39, 0.29) is 43.9 Å². The third-order valence-electron chi connectivity index (χ3n) is 6.31. The molecule has 7 nitrogen and oxygen atoms in total. The van der Waals surface area contributed by atoms with E-state index < -0.39 is 18.0 Å². The number of aliphatic carboxylic acids is 1. The van der Waals surface area contributed by atoms with Gasteiger partial charge in [-0.1, -0.05) is 55.5 Å². The van der Waals surface area contributed by atoms with Gasteiger partial charge in [0, 0.05) is 32.0 Å². The monoisotopic (exact) mass is 436 g/mol. The topological polar surface area (TPSA) is 95.9 Å². The van der Waals surface area contributed by atoms with E-state index >= 15 is 0 Å². The first-order chi connectivity index (χ1) is 15.4. The van der Waals surface area contributed by atoms with Gasteiger partial charge in [-0.3, -0.25) is 9.59 Å². The molecule has 0 bridgehead atoms. The molecule has 7 heteroatoms. The van der Waals surface area contributed by atoms with Gasteiger partial charge in [-0.15, -0.1) is 0 Å². The summed E-state index contributed by atoms with van der Waals surface area (Å²) in [5.74, 6) is -1.42. The Morgan fingerprint density at radius 3 is 2.28 bits per heavy atom. The van der Waals surface area contributed by atoms with E-state index in [0.29, 0.717) is 13.0 Å². The van der Waals surface area contributed by atoms with Crippen LogP contribution in [0.3, 0.4) is 0 Å². The summed E-state index contributed by atoms with van der Waals surface area (Å²) < 4.78 is 5.48. The van der Waals surface area contributed by atoms with E-state index in [0.717, 1.165) is 22.3 Å². The van der Waals surface area contributed by atoms with Crippen molar-refractivity contribution in [1.29, 1.82) is 0 Å². The van der Waals surface area contributed by atoms with Gasteiger partial charge in [0.15, 0.2) is 0 Å². The fourth-order valence-corrected chi connectivity index (χ4v) is 4.81. The van der Waals surface area contributed by atoms with Crippen molar-refractivity contribution >= 4 is 18.0 Å². The van der Waals surface area contributed by atoms with Crippen molar-refractivity contribution in [2.75, 3.05) is 26.2 Å². The lowest BCUT2D eigenvalue weighted by Gasteiger charge is -2.34.